The molecule has 1 amide bonds. The van der Waals surface area contributed by atoms with Gasteiger partial charge in [0.15, 0.2) is 11.7 Å². The lowest BCUT2D eigenvalue weighted by molar-refractivity contribution is -0.152. The number of nitrogens with zero attached hydrogens (tertiary/aromatic N) is 1. The van der Waals surface area contributed by atoms with Crippen LogP contribution in [0.25, 0.3) is 0 Å². The Morgan fingerprint density at radius 2 is 1.96 bits per heavy atom. The molecule has 0 aliphatic carbocycles. The number of fused-ring (bicyclic) bond motifs is 1. The Bertz CT molecular complexity index is 669. The Balaban J connectivity index is 2.66. The number of hydrogen-bond acceptors (Lipinski definition) is 3. The molecule has 2 atom stereocenters. The zero-order chi connectivity index (χ0) is 17.5. The van der Waals surface area contributed by atoms with E-state index in [1.54, 1.807) is 0 Å². The third-order valence-electron chi connectivity index (χ3n) is 3.44. The van der Waals surface area contributed by atoms with Crippen LogP contribution in [-0.4, -0.2) is 28.5 Å². The predicted octanol–water partition coefficient (Wildman–Crippen LogP) is 3.55. The number of allylic oxidation sites excluding steroid dienone is 3. The van der Waals surface area contributed by atoms with Gasteiger partial charge in [0.05, 0.1) is 12.3 Å². The summed E-state index contributed by atoms with van der Waals surface area (Å²) in [6.07, 6.45) is 1.06. The highest BCUT2D eigenvalue weighted by atomic mass is 35.5. The first kappa shape index (κ1) is 17.5. The molecule has 2 heterocycles. The van der Waals surface area contributed by atoms with Gasteiger partial charge in [-0.1, -0.05) is 24.6 Å². The second-order valence-corrected chi connectivity index (χ2v) is 5.31. The van der Waals surface area contributed by atoms with Gasteiger partial charge in [-0.3, -0.25) is 14.5 Å². The molecule has 0 aromatic carbocycles. The Labute approximate surface area is 134 Å². The van der Waals surface area contributed by atoms with Gasteiger partial charge < -0.3 is 4.74 Å². The van der Waals surface area contributed by atoms with Crippen LogP contribution in [0.3, 0.4) is 0 Å². The zero-order valence-electron chi connectivity index (χ0n) is 12.1. The molecule has 0 saturated heterocycles. The van der Waals surface area contributed by atoms with Crippen LogP contribution in [0.1, 0.15) is 20.3 Å². The first-order valence-corrected chi connectivity index (χ1v) is 7.11. The second kappa shape index (κ2) is 5.99. The number of amides is 1. The van der Waals surface area contributed by atoms with E-state index in [2.05, 4.69) is 4.74 Å². The van der Waals surface area contributed by atoms with Crippen LogP contribution < -0.4 is 0 Å². The summed E-state index contributed by atoms with van der Waals surface area (Å²) in [5.74, 6) is -9.99. The summed E-state index contributed by atoms with van der Waals surface area (Å²) in [5.41, 5.74) is -0.889. The normalized spacial score (nSPS) is 28.0. The number of halogens is 5. The Morgan fingerprint density at radius 3 is 2.48 bits per heavy atom. The van der Waals surface area contributed by atoms with Crippen molar-refractivity contribution in [2.75, 3.05) is 6.61 Å². The highest BCUT2D eigenvalue weighted by Gasteiger charge is 2.54. The Morgan fingerprint density at radius 1 is 1.35 bits per heavy atom. The highest BCUT2D eigenvalue weighted by Crippen LogP contribution is 2.49. The Hall–Kier alpha value is -1.83. The van der Waals surface area contributed by atoms with Crippen molar-refractivity contribution in [3.63, 3.8) is 0 Å². The topological polar surface area (TPSA) is 46.6 Å². The molecule has 126 valence electrons. The molecule has 4 nitrogen and oxygen atoms in total. The lowest BCUT2D eigenvalue weighted by Crippen LogP contribution is -2.45. The van der Waals surface area contributed by atoms with E-state index >= 15 is 0 Å². The van der Waals surface area contributed by atoms with Crippen molar-refractivity contribution in [1.29, 1.82) is 0 Å². The first-order valence-electron chi connectivity index (χ1n) is 6.73. The maximum absolute atomic E-state index is 14.2. The Kier molecular flexibility index (Phi) is 4.57. The fourth-order valence-corrected chi connectivity index (χ4v) is 2.50. The van der Waals surface area contributed by atoms with Gasteiger partial charge in [-0.15, -0.1) is 0 Å². The summed E-state index contributed by atoms with van der Waals surface area (Å²) in [7, 11) is 0. The standard InChI is InChI=1S/C14H12ClF4NO3/c1-3-6-5-7(13(22)23-4-2)12(21)20-8(6)9(16)14(15,19)10(17)11(20)18/h5,7H,3-4H2,1-2H3. The zero-order valence-corrected chi connectivity index (χ0v) is 12.9. The first-order chi connectivity index (χ1) is 10.7. The SMILES string of the molecule is CCOC(=O)C1C=C(CC)C2=C(F)C(F)(Cl)C(F)=C(F)N2C1=O. The molecular formula is C14H12ClF4NO3. The second-order valence-electron chi connectivity index (χ2n) is 4.79. The van der Waals surface area contributed by atoms with E-state index in [1.165, 1.54) is 13.8 Å². The van der Waals surface area contributed by atoms with Crippen LogP contribution in [-0.2, 0) is 14.3 Å². The molecule has 2 unspecified atom stereocenters. The van der Waals surface area contributed by atoms with Crippen molar-refractivity contribution < 1.29 is 31.9 Å². The molecule has 0 aromatic rings. The van der Waals surface area contributed by atoms with E-state index in [-0.39, 0.29) is 23.5 Å². The molecule has 0 aromatic heterocycles. The summed E-state index contributed by atoms with van der Waals surface area (Å²) < 4.78 is 60.5. The number of rotatable bonds is 3. The molecule has 2 rings (SSSR count). The van der Waals surface area contributed by atoms with Crippen molar-refractivity contribution in [2.24, 2.45) is 5.92 Å². The number of carbonyl (C=O) groups is 2. The van der Waals surface area contributed by atoms with Crippen molar-refractivity contribution >= 4 is 23.5 Å². The molecule has 0 radical (unpaired) electrons. The van der Waals surface area contributed by atoms with Crippen molar-refractivity contribution in [1.82, 2.24) is 4.90 Å². The van der Waals surface area contributed by atoms with Gasteiger partial charge >= 0.3 is 5.97 Å². The highest BCUT2D eigenvalue weighted by molar-refractivity contribution is 6.26. The van der Waals surface area contributed by atoms with E-state index in [0.717, 1.165) is 6.08 Å². The minimum absolute atomic E-state index is 0.00863. The average Bonchev–Trinajstić information content (AvgIpc) is 2.51. The number of esters is 1. The fraction of sp³-hybridized carbons (Fsp3) is 0.429. The molecule has 2 aliphatic heterocycles. The van der Waals surface area contributed by atoms with Gasteiger partial charge in [0.2, 0.25) is 11.8 Å². The van der Waals surface area contributed by atoms with Crippen LogP contribution in [0.5, 0.6) is 0 Å². The van der Waals surface area contributed by atoms with Crippen LogP contribution in [0.15, 0.2) is 35.0 Å². The van der Waals surface area contributed by atoms with E-state index in [0.29, 0.717) is 0 Å². The van der Waals surface area contributed by atoms with Gasteiger partial charge in [-0.2, -0.15) is 4.39 Å². The van der Waals surface area contributed by atoms with Gasteiger partial charge in [-0.05, 0) is 18.9 Å². The number of carbonyl (C=O) groups excluding carboxylic acids is 2. The third kappa shape index (κ3) is 2.54. The maximum atomic E-state index is 14.2. The van der Waals surface area contributed by atoms with Crippen molar-refractivity contribution in [2.45, 2.75) is 25.4 Å². The third-order valence-corrected chi connectivity index (χ3v) is 3.77. The molecule has 2 aliphatic rings. The van der Waals surface area contributed by atoms with E-state index in [1.807, 2.05) is 0 Å². The van der Waals surface area contributed by atoms with Crippen LogP contribution in [0, 0.1) is 5.92 Å². The van der Waals surface area contributed by atoms with E-state index in [9.17, 15) is 27.2 Å². The number of ether oxygens (including phenoxy) is 1. The minimum atomic E-state index is -3.83. The summed E-state index contributed by atoms with van der Waals surface area (Å²) in [6, 6.07) is 0. The average molecular weight is 354 g/mol. The molecule has 0 N–H and O–H groups in total. The molecule has 9 heteroatoms. The molecule has 23 heavy (non-hydrogen) atoms. The fourth-order valence-electron chi connectivity index (χ4n) is 2.34. The monoisotopic (exact) mass is 353 g/mol. The molecule has 0 fully saturated rings. The van der Waals surface area contributed by atoms with Gasteiger partial charge in [-0.25, -0.2) is 13.2 Å². The summed E-state index contributed by atoms with van der Waals surface area (Å²) in [6.45, 7) is 2.95. The van der Waals surface area contributed by atoms with Gasteiger partial charge in [0, 0.05) is 0 Å². The summed E-state index contributed by atoms with van der Waals surface area (Å²) in [5, 5.41) is -3.83. The summed E-state index contributed by atoms with van der Waals surface area (Å²) >= 11 is 5.08. The number of hydrogen-bond donors (Lipinski definition) is 0. The van der Waals surface area contributed by atoms with Crippen LogP contribution >= 0.6 is 11.6 Å². The lowest BCUT2D eigenvalue weighted by Gasteiger charge is -2.36. The smallest absolute Gasteiger partial charge is 0.322 e. The van der Waals surface area contributed by atoms with Crippen molar-refractivity contribution in [3.05, 3.63) is 35.0 Å². The molecular weight excluding hydrogens is 342 g/mol. The van der Waals surface area contributed by atoms with Gasteiger partial charge in [0.1, 0.15) is 0 Å². The van der Waals surface area contributed by atoms with E-state index in [4.69, 9.17) is 11.6 Å². The lowest BCUT2D eigenvalue weighted by atomic mass is 9.91. The number of alkyl halides is 2. The van der Waals surface area contributed by atoms with Gasteiger partial charge in [0.25, 0.3) is 11.0 Å². The van der Waals surface area contributed by atoms with Crippen LogP contribution in [0.2, 0.25) is 0 Å². The quantitative estimate of drug-likeness (QED) is 0.256. The van der Waals surface area contributed by atoms with Crippen molar-refractivity contribution in [3.8, 4) is 0 Å². The maximum Gasteiger partial charge on any atom is 0.322 e. The predicted molar refractivity (Wildman–Crippen MR) is 72.4 cm³/mol. The van der Waals surface area contributed by atoms with E-state index < -0.39 is 46.2 Å². The molecule has 0 spiro atoms. The minimum Gasteiger partial charge on any atom is -0.465 e. The largest absolute Gasteiger partial charge is 0.465 e. The molecule has 0 bridgehead atoms. The summed E-state index contributed by atoms with van der Waals surface area (Å²) in [4.78, 5) is 24.0. The molecule has 0 saturated carbocycles. The van der Waals surface area contributed by atoms with Crippen LogP contribution in [0.4, 0.5) is 17.6 Å².